The third-order valence-electron chi connectivity index (χ3n) is 4.56. The number of aryl methyl sites for hydroxylation is 1. The Labute approximate surface area is 130 Å². The molecule has 0 aromatic carbocycles. The van der Waals surface area contributed by atoms with Crippen LogP contribution in [0.4, 0.5) is 5.69 Å². The summed E-state index contributed by atoms with van der Waals surface area (Å²) >= 11 is 2.06. The number of aromatic nitrogens is 2. The van der Waals surface area contributed by atoms with Gasteiger partial charge in [0.25, 0.3) is 5.56 Å². The Balaban J connectivity index is 1.47. The van der Waals surface area contributed by atoms with E-state index >= 15 is 0 Å². The summed E-state index contributed by atoms with van der Waals surface area (Å²) in [5.41, 5.74) is 0.937. The Hall–Kier alpha value is -1.01. The molecule has 3 rings (SSSR count). The second-order valence-electron chi connectivity index (χ2n) is 6.07. The fourth-order valence-corrected chi connectivity index (χ4v) is 4.24. The fourth-order valence-electron chi connectivity index (χ4n) is 3.06. The van der Waals surface area contributed by atoms with E-state index in [2.05, 4.69) is 27.1 Å². The Morgan fingerprint density at radius 2 is 2.19 bits per heavy atom. The topological polar surface area (TPSA) is 50.2 Å². The molecule has 0 saturated carbocycles. The van der Waals surface area contributed by atoms with E-state index in [1.165, 1.54) is 35.4 Å². The zero-order valence-electron chi connectivity index (χ0n) is 12.6. The lowest BCUT2D eigenvalue weighted by Crippen LogP contribution is -2.40. The lowest BCUT2D eigenvalue weighted by atomic mass is 9.96. The zero-order chi connectivity index (χ0) is 14.7. The van der Waals surface area contributed by atoms with Crippen molar-refractivity contribution in [3.63, 3.8) is 0 Å². The summed E-state index contributed by atoms with van der Waals surface area (Å²) in [5.74, 6) is 3.36. The van der Waals surface area contributed by atoms with Crippen molar-refractivity contribution in [1.82, 2.24) is 15.1 Å². The zero-order valence-corrected chi connectivity index (χ0v) is 13.4. The van der Waals surface area contributed by atoms with Gasteiger partial charge in [-0.05, 0) is 37.5 Å². The highest BCUT2D eigenvalue weighted by Gasteiger charge is 2.22. The average Bonchev–Trinajstić information content (AvgIpc) is 3.02. The third kappa shape index (κ3) is 3.80. The van der Waals surface area contributed by atoms with Crippen molar-refractivity contribution in [3.8, 4) is 0 Å². The monoisotopic (exact) mass is 308 g/mol. The van der Waals surface area contributed by atoms with Crippen molar-refractivity contribution >= 4 is 17.4 Å². The normalized spacial score (nSPS) is 23.7. The number of nitrogens with zero attached hydrogens (tertiary/aromatic N) is 3. The summed E-state index contributed by atoms with van der Waals surface area (Å²) in [6.07, 6.45) is 5.52. The number of hydrogen-bond donors (Lipinski definition) is 1. The summed E-state index contributed by atoms with van der Waals surface area (Å²) in [6, 6.07) is 2.43. The van der Waals surface area contributed by atoms with Crippen molar-refractivity contribution in [3.05, 3.63) is 22.6 Å². The van der Waals surface area contributed by atoms with Crippen molar-refractivity contribution < 1.29 is 0 Å². The molecule has 1 N–H and O–H groups in total. The fraction of sp³-hybridized carbons (Fsp3) is 0.733. The van der Waals surface area contributed by atoms with Crippen LogP contribution in [0.5, 0.6) is 0 Å². The smallest absolute Gasteiger partial charge is 0.268 e. The predicted octanol–water partition coefficient (Wildman–Crippen LogP) is 1.09. The molecule has 5 nitrogen and oxygen atoms in total. The molecule has 1 aromatic heterocycles. The predicted molar refractivity (Wildman–Crippen MR) is 88.1 cm³/mol. The van der Waals surface area contributed by atoms with Gasteiger partial charge in [0.2, 0.25) is 0 Å². The Morgan fingerprint density at radius 3 is 2.86 bits per heavy atom. The molecule has 1 aromatic rings. The van der Waals surface area contributed by atoms with E-state index in [9.17, 15) is 4.79 Å². The van der Waals surface area contributed by atoms with Crippen molar-refractivity contribution in [2.75, 3.05) is 36.0 Å². The summed E-state index contributed by atoms with van der Waals surface area (Å²) in [7, 11) is 1.69. The largest absolute Gasteiger partial charge is 0.370 e. The minimum atomic E-state index is -0.0324. The van der Waals surface area contributed by atoms with Crippen LogP contribution in [-0.4, -0.2) is 47.0 Å². The molecule has 1 atom stereocenters. The maximum atomic E-state index is 11.7. The Morgan fingerprint density at radius 1 is 1.38 bits per heavy atom. The van der Waals surface area contributed by atoms with E-state index in [-0.39, 0.29) is 5.56 Å². The van der Waals surface area contributed by atoms with Crippen molar-refractivity contribution in [1.29, 1.82) is 0 Å². The molecule has 3 heterocycles. The highest BCUT2D eigenvalue weighted by Crippen LogP contribution is 2.22. The van der Waals surface area contributed by atoms with Crippen molar-refractivity contribution in [2.24, 2.45) is 13.0 Å². The molecule has 2 aliphatic rings. The van der Waals surface area contributed by atoms with Crippen LogP contribution in [0.15, 0.2) is 17.1 Å². The van der Waals surface area contributed by atoms with Gasteiger partial charge in [0.15, 0.2) is 0 Å². The molecule has 0 spiro atoms. The van der Waals surface area contributed by atoms with Crippen LogP contribution < -0.4 is 15.8 Å². The number of nitrogens with one attached hydrogen (secondary N) is 1. The molecule has 0 amide bonds. The lowest BCUT2D eigenvalue weighted by Gasteiger charge is -2.33. The van der Waals surface area contributed by atoms with Gasteiger partial charge < -0.3 is 10.2 Å². The lowest BCUT2D eigenvalue weighted by molar-refractivity contribution is 0.366. The summed E-state index contributed by atoms with van der Waals surface area (Å²) in [5, 5.41) is 7.83. The van der Waals surface area contributed by atoms with Gasteiger partial charge in [-0.25, -0.2) is 4.68 Å². The number of hydrogen-bond acceptors (Lipinski definition) is 5. The van der Waals surface area contributed by atoms with E-state index in [1.807, 2.05) is 0 Å². The SMILES string of the molecule is Cn1ncc(N2CCC(CN[C@@H]3CCSC3)CC2)cc1=O. The van der Waals surface area contributed by atoms with Crippen LogP contribution in [0.25, 0.3) is 0 Å². The van der Waals surface area contributed by atoms with Crippen LogP contribution in [0, 0.1) is 5.92 Å². The molecule has 2 aliphatic heterocycles. The molecule has 0 radical (unpaired) electrons. The van der Waals surface area contributed by atoms with Gasteiger partial charge in [-0.1, -0.05) is 0 Å². The third-order valence-corrected chi connectivity index (χ3v) is 5.72. The number of anilines is 1. The van der Waals surface area contributed by atoms with Gasteiger partial charge >= 0.3 is 0 Å². The van der Waals surface area contributed by atoms with E-state index in [0.29, 0.717) is 0 Å². The van der Waals surface area contributed by atoms with E-state index in [0.717, 1.165) is 37.3 Å². The summed E-state index contributed by atoms with van der Waals surface area (Å²) < 4.78 is 1.37. The first-order valence-electron chi connectivity index (χ1n) is 7.82. The summed E-state index contributed by atoms with van der Waals surface area (Å²) in [4.78, 5) is 13.9. The van der Waals surface area contributed by atoms with Gasteiger partial charge in [-0.15, -0.1) is 0 Å². The second-order valence-corrected chi connectivity index (χ2v) is 7.22. The quantitative estimate of drug-likeness (QED) is 0.902. The van der Waals surface area contributed by atoms with E-state index in [4.69, 9.17) is 0 Å². The van der Waals surface area contributed by atoms with Crippen LogP contribution in [0.1, 0.15) is 19.3 Å². The first-order chi connectivity index (χ1) is 10.2. The number of piperidine rings is 1. The molecule has 116 valence electrons. The highest BCUT2D eigenvalue weighted by molar-refractivity contribution is 7.99. The van der Waals surface area contributed by atoms with Crippen molar-refractivity contribution in [2.45, 2.75) is 25.3 Å². The van der Waals surface area contributed by atoms with Crippen LogP contribution in [0.2, 0.25) is 0 Å². The standard InChI is InChI=1S/C15H24N4OS/c1-18-15(20)8-14(10-17-18)19-5-2-12(3-6-19)9-16-13-4-7-21-11-13/h8,10,12-13,16H,2-7,9,11H2,1H3/t13-/m1/s1. The highest BCUT2D eigenvalue weighted by atomic mass is 32.2. The van der Waals surface area contributed by atoms with Crippen LogP contribution in [-0.2, 0) is 7.05 Å². The van der Waals surface area contributed by atoms with Gasteiger partial charge in [-0.2, -0.15) is 16.9 Å². The first-order valence-corrected chi connectivity index (χ1v) is 8.97. The number of rotatable bonds is 4. The molecular weight excluding hydrogens is 284 g/mol. The first kappa shape index (κ1) is 14.9. The van der Waals surface area contributed by atoms with Gasteiger partial charge in [0, 0.05) is 38.0 Å². The minimum Gasteiger partial charge on any atom is -0.370 e. The maximum absolute atomic E-state index is 11.7. The Kier molecular flexibility index (Phi) is 4.85. The summed E-state index contributed by atoms with van der Waals surface area (Å²) in [6.45, 7) is 3.20. The van der Waals surface area contributed by atoms with Gasteiger partial charge in [-0.3, -0.25) is 4.79 Å². The Bertz CT molecular complexity index is 519. The van der Waals surface area contributed by atoms with Gasteiger partial charge in [0.1, 0.15) is 0 Å². The molecule has 2 fully saturated rings. The molecule has 21 heavy (non-hydrogen) atoms. The average molecular weight is 308 g/mol. The second kappa shape index (κ2) is 6.83. The molecular formula is C15H24N4OS. The van der Waals surface area contributed by atoms with E-state index in [1.54, 1.807) is 19.3 Å². The minimum absolute atomic E-state index is 0.0324. The van der Waals surface area contributed by atoms with Gasteiger partial charge in [0.05, 0.1) is 11.9 Å². The molecule has 0 unspecified atom stereocenters. The molecule has 0 aliphatic carbocycles. The molecule has 6 heteroatoms. The maximum Gasteiger partial charge on any atom is 0.268 e. The molecule has 2 saturated heterocycles. The van der Waals surface area contributed by atoms with Crippen LogP contribution in [0.3, 0.4) is 0 Å². The van der Waals surface area contributed by atoms with Crippen LogP contribution >= 0.6 is 11.8 Å². The molecule has 0 bridgehead atoms. The van der Waals surface area contributed by atoms with E-state index < -0.39 is 0 Å². The number of thioether (sulfide) groups is 1.